The first kappa shape index (κ1) is 18.8. The third kappa shape index (κ3) is 4.58. The Labute approximate surface area is 159 Å². The molecular weight excluding hydrogens is 344 g/mol. The molecule has 0 aromatic carbocycles. The Hall–Kier alpha value is -2.02. The minimum absolute atomic E-state index is 0.320. The summed E-state index contributed by atoms with van der Waals surface area (Å²) in [4.78, 5) is 8.87. The maximum Gasteiger partial charge on any atom is 0.191 e. The second-order valence-electron chi connectivity index (χ2n) is 7.04. The van der Waals surface area contributed by atoms with Crippen LogP contribution in [0.1, 0.15) is 36.7 Å². The van der Waals surface area contributed by atoms with Gasteiger partial charge in [-0.25, -0.2) is 9.67 Å². The van der Waals surface area contributed by atoms with Gasteiger partial charge in [0.05, 0.1) is 5.69 Å². The van der Waals surface area contributed by atoms with E-state index in [2.05, 4.69) is 56.5 Å². The second-order valence-corrected chi connectivity index (χ2v) is 8.73. The van der Waals surface area contributed by atoms with Crippen molar-refractivity contribution in [1.29, 1.82) is 0 Å². The van der Waals surface area contributed by atoms with Crippen LogP contribution in [0.4, 0.5) is 0 Å². The van der Waals surface area contributed by atoms with Crippen LogP contribution in [0.2, 0.25) is 0 Å². The number of hydrogen-bond donors (Lipinski definition) is 2. The molecule has 3 rings (SSSR count). The molecular formula is C19H28N6S. The van der Waals surface area contributed by atoms with E-state index in [1.165, 1.54) is 18.6 Å². The molecule has 3 heterocycles. The van der Waals surface area contributed by atoms with Crippen LogP contribution in [-0.2, 0) is 6.54 Å². The number of aromatic nitrogens is 3. The van der Waals surface area contributed by atoms with Gasteiger partial charge in [0.1, 0.15) is 0 Å². The Kier molecular flexibility index (Phi) is 5.86. The van der Waals surface area contributed by atoms with E-state index in [-0.39, 0.29) is 0 Å². The molecule has 0 amide bonds. The van der Waals surface area contributed by atoms with E-state index in [4.69, 9.17) is 0 Å². The summed E-state index contributed by atoms with van der Waals surface area (Å²) in [5.41, 5.74) is 3.20. The molecule has 2 aromatic rings. The van der Waals surface area contributed by atoms with Crippen molar-refractivity contribution in [2.75, 3.05) is 19.3 Å². The first-order valence-electron chi connectivity index (χ1n) is 9.06. The van der Waals surface area contributed by atoms with Crippen LogP contribution < -0.4 is 10.6 Å². The van der Waals surface area contributed by atoms with Gasteiger partial charge < -0.3 is 10.6 Å². The predicted molar refractivity (Wildman–Crippen MR) is 109 cm³/mol. The zero-order chi connectivity index (χ0) is 18.6. The number of pyridine rings is 1. The fraction of sp³-hybridized carbons (Fsp3) is 0.526. The zero-order valence-corrected chi connectivity index (χ0v) is 16.9. The van der Waals surface area contributed by atoms with E-state index in [0.717, 1.165) is 35.3 Å². The highest BCUT2D eigenvalue weighted by Crippen LogP contribution is 2.36. The molecule has 26 heavy (non-hydrogen) atoms. The lowest BCUT2D eigenvalue weighted by molar-refractivity contribution is 0.584. The van der Waals surface area contributed by atoms with Crippen LogP contribution in [-0.4, -0.2) is 44.8 Å². The first-order valence-corrected chi connectivity index (χ1v) is 10.0. The van der Waals surface area contributed by atoms with Crippen molar-refractivity contribution in [1.82, 2.24) is 25.4 Å². The van der Waals surface area contributed by atoms with Crippen LogP contribution in [0.25, 0.3) is 5.82 Å². The largest absolute Gasteiger partial charge is 0.355 e. The fourth-order valence-corrected chi connectivity index (χ4v) is 4.41. The Morgan fingerprint density at radius 3 is 2.77 bits per heavy atom. The number of guanidine groups is 1. The van der Waals surface area contributed by atoms with Gasteiger partial charge in [0, 0.05) is 36.8 Å². The normalized spacial score (nSPS) is 20.4. The zero-order valence-electron chi connectivity index (χ0n) is 16.0. The Morgan fingerprint density at radius 2 is 2.19 bits per heavy atom. The van der Waals surface area contributed by atoms with Crippen molar-refractivity contribution in [3.63, 3.8) is 0 Å². The predicted octanol–water partition coefficient (Wildman–Crippen LogP) is 2.83. The number of thioether (sulfide) groups is 1. The molecule has 0 radical (unpaired) electrons. The number of aliphatic imine (C=N–C) groups is 1. The van der Waals surface area contributed by atoms with Crippen molar-refractivity contribution < 1.29 is 0 Å². The lowest BCUT2D eigenvalue weighted by Gasteiger charge is -2.24. The average Bonchev–Trinajstić information content (AvgIpc) is 3.21. The van der Waals surface area contributed by atoms with E-state index in [0.29, 0.717) is 11.3 Å². The molecule has 140 valence electrons. The van der Waals surface area contributed by atoms with Gasteiger partial charge in [0.15, 0.2) is 11.8 Å². The second kappa shape index (κ2) is 8.12. The molecule has 1 unspecified atom stereocenters. The molecule has 0 saturated carbocycles. The Balaban J connectivity index is 1.54. The van der Waals surface area contributed by atoms with Crippen LogP contribution >= 0.6 is 11.8 Å². The standard InChI is InChI=1S/C19H28N6S/c1-14-10-15(2)25(24-14)17-7-6-16(11-21-17)12-22-18(20-4)23-13-19(3)8-5-9-26-19/h6-7,10-11H,5,8-9,12-13H2,1-4H3,(H2,20,22,23). The van der Waals surface area contributed by atoms with Gasteiger partial charge in [0.25, 0.3) is 0 Å². The molecule has 1 atom stereocenters. The molecule has 2 aromatic heterocycles. The quantitative estimate of drug-likeness (QED) is 0.624. The van der Waals surface area contributed by atoms with Crippen molar-refractivity contribution in [2.45, 2.75) is 44.9 Å². The Morgan fingerprint density at radius 1 is 1.35 bits per heavy atom. The van der Waals surface area contributed by atoms with Crippen LogP contribution in [0.15, 0.2) is 29.4 Å². The smallest absolute Gasteiger partial charge is 0.191 e. The number of aryl methyl sites for hydroxylation is 2. The summed E-state index contributed by atoms with van der Waals surface area (Å²) >= 11 is 2.05. The third-order valence-electron chi connectivity index (χ3n) is 4.65. The van der Waals surface area contributed by atoms with Gasteiger partial charge in [-0.3, -0.25) is 4.99 Å². The van der Waals surface area contributed by atoms with Crippen molar-refractivity contribution in [2.24, 2.45) is 4.99 Å². The number of rotatable bonds is 5. The highest BCUT2D eigenvalue weighted by molar-refractivity contribution is 8.00. The van der Waals surface area contributed by atoms with E-state index in [1.807, 2.05) is 37.8 Å². The lowest BCUT2D eigenvalue weighted by Crippen LogP contribution is -2.43. The van der Waals surface area contributed by atoms with Crippen molar-refractivity contribution in [3.05, 3.63) is 41.3 Å². The van der Waals surface area contributed by atoms with Crippen LogP contribution in [0.3, 0.4) is 0 Å². The highest BCUT2D eigenvalue weighted by Gasteiger charge is 2.29. The summed E-state index contributed by atoms with van der Waals surface area (Å²) in [6.07, 6.45) is 4.46. The molecule has 1 aliphatic rings. The third-order valence-corrected chi connectivity index (χ3v) is 6.19. The summed E-state index contributed by atoms with van der Waals surface area (Å²) in [7, 11) is 1.81. The van der Waals surface area contributed by atoms with Crippen molar-refractivity contribution in [3.8, 4) is 5.82 Å². The van der Waals surface area contributed by atoms with Gasteiger partial charge in [-0.1, -0.05) is 6.07 Å². The average molecular weight is 373 g/mol. The maximum atomic E-state index is 4.54. The van der Waals surface area contributed by atoms with Gasteiger partial charge in [-0.2, -0.15) is 16.9 Å². The van der Waals surface area contributed by atoms with Gasteiger partial charge in [0.2, 0.25) is 0 Å². The SMILES string of the molecule is CN=C(NCc1ccc(-n2nc(C)cc2C)nc1)NCC1(C)CCCS1. The number of nitrogens with zero attached hydrogens (tertiary/aromatic N) is 4. The van der Waals surface area contributed by atoms with E-state index in [1.54, 1.807) is 0 Å². The minimum atomic E-state index is 0.320. The molecule has 0 aliphatic carbocycles. The maximum absolute atomic E-state index is 4.54. The Bertz CT molecular complexity index is 759. The van der Waals surface area contributed by atoms with Crippen LogP contribution in [0, 0.1) is 13.8 Å². The van der Waals surface area contributed by atoms with Crippen molar-refractivity contribution >= 4 is 17.7 Å². The first-order chi connectivity index (χ1) is 12.5. The van der Waals surface area contributed by atoms with Gasteiger partial charge >= 0.3 is 0 Å². The molecule has 1 aliphatic heterocycles. The molecule has 7 heteroatoms. The minimum Gasteiger partial charge on any atom is -0.355 e. The number of hydrogen-bond acceptors (Lipinski definition) is 4. The topological polar surface area (TPSA) is 67.1 Å². The van der Waals surface area contributed by atoms with E-state index < -0.39 is 0 Å². The molecule has 0 spiro atoms. The fourth-order valence-electron chi connectivity index (χ4n) is 3.16. The van der Waals surface area contributed by atoms with Crippen LogP contribution in [0.5, 0.6) is 0 Å². The molecule has 1 saturated heterocycles. The summed E-state index contributed by atoms with van der Waals surface area (Å²) in [6.45, 7) is 7.98. The van der Waals surface area contributed by atoms with Gasteiger partial charge in [-0.05, 0) is 57.1 Å². The summed E-state index contributed by atoms with van der Waals surface area (Å²) in [5, 5.41) is 11.3. The molecule has 6 nitrogen and oxygen atoms in total. The summed E-state index contributed by atoms with van der Waals surface area (Å²) < 4.78 is 2.19. The molecule has 0 bridgehead atoms. The lowest BCUT2D eigenvalue weighted by atomic mass is 10.1. The molecule has 1 fully saturated rings. The number of nitrogens with one attached hydrogen (secondary N) is 2. The van der Waals surface area contributed by atoms with E-state index >= 15 is 0 Å². The summed E-state index contributed by atoms with van der Waals surface area (Å²) in [5.74, 6) is 2.94. The van der Waals surface area contributed by atoms with E-state index in [9.17, 15) is 0 Å². The summed E-state index contributed by atoms with van der Waals surface area (Å²) in [6, 6.07) is 6.13. The molecule has 2 N–H and O–H groups in total. The van der Waals surface area contributed by atoms with Gasteiger partial charge in [-0.15, -0.1) is 0 Å². The highest BCUT2D eigenvalue weighted by atomic mass is 32.2. The monoisotopic (exact) mass is 372 g/mol.